The van der Waals surface area contributed by atoms with Crippen LogP contribution in [0.5, 0.6) is 0 Å². The summed E-state index contributed by atoms with van der Waals surface area (Å²) in [6, 6.07) is 10.2. The molecule has 0 fully saturated rings. The van der Waals surface area contributed by atoms with Crippen molar-refractivity contribution in [2.75, 3.05) is 13.1 Å². The van der Waals surface area contributed by atoms with E-state index in [1.807, 2.05) is 12.1 Å². The Bertz CT molecular complexity index is 784. The number of unbranched alkanes of at least 4 members (excludes halogenated alkanes) is 1. The van der Waals surface area contributed by atoms with Gasteiger partial charge in [-0.2, -0.15) is 0 Å². The summed E-state index contributed by atoms with van der Waals surface area (Å²) in [4.78, 5) is 4.66. The van der Waals surface area contributed by atoms with E-state index in [0.29, 0.717) is 13.1 Å². The van der Waals surface area contributed by atoms with Crippen LogP contribution >= 0.6 is 0 Å². The van der Waals surface area contributed by atoms with E-state index in [2.05, 4.69) is 22.5 Å². The van der Waals surface area contributed by atoms with E-state index in [1.54, 1.807) is 18.4 Å². The smallest absolute Gasteiger partial charge is 0.238 e. The number of furan rings is 1. The van der Waals surface area contributed by atoms with Crippen molar-refractivity contribution in [1.82, 2.24) is 10.6 Å². The minimum atomic E-state index is -3.67. The van der Waals surface area contributed by atoms with Crippen molar-refractivity contribution in [3.05, 3.63) is 54.0 Å². The van der Waals surface area contributed by atoms with E-state index in [9.17, 15) is 8.42 Å². The molecule has 0 saturated carbocycles. The second-order valence-electron chi connectivity index (χ2n) is 5.89. The lowest BCUT2D eigenvalue weighted by molar-refractivity contribution is 0.506. The van der Waals surface area contributed by atoms with Gasteiger partial charge in [-0.15, -0.1) is 0 Å². The summed E-state index contributed by atoms with van der Waals surface area (Å²) in [5.41, 5.74) is 0.903. The predicted octanol–water partition coefficient (Wildman–Crippen LogP) is 2.00. The average molecular weight is 378 g/mol. The molecule has 142 valence electrons. The quantitative estimate of drug-likeness (QED) is 0.351. The number of nitrogens with one attached hydrogen (secondary N) is 2. The Balaban J connectivity index is 1.94. The number of rotatable bonds is 9. The zero-order valence-electron chi connectivity index (χ0n) is 14.9. The molecule has 1 aromatic carbocycles. The molecule has 8 heteroatoms. The number of nitrogens with zero attached hydrogens (tertiary/aromatic N) is 1. The van der Waals surface area contributed by atoms with Crippen molar-refractivity contribution in [3.63, 3.8) is 0 Å². The standard InChI is InChI=1S/C18H26N4O3S/c1-2-3-11-20-18(21-12-10-16-5-4-13-25-16)22-14-15-6-8-17(9-7-15)26(19,23)24/h4-9,13H,2-3,10-12,14H2,1H3,(H2,19,23,24)(H2,20,21,22). The molecule has 7 nitrogen and oxygen atoms in total. The van der Waals surface area contributed by atoms with Gasteiger partial charge >= 0.3 is 0 Å². The first-order chi connectivity index (χ1) is 12.5. The molecule has 0 spiro atoms. The summed E-state index contributed by atoms with van der Waals surface area (Å²) in [6.45, 7) is 4.12. The Hall–Kier alpha value is -2.32. The van der Waals surface area contributed by atoms with Crippen molar-refractivity contribution in [2.45, 2.75) is 37.6 Å². The van der Waals surface area contributed by atoms with Gasteiger partial charge in [-0.1, -0.05) is 25.5 Å². The van der Waals surface area contributed by atoms with Crippen LogP contribution < -0.4 is 15.8 Å². The van der Waals surface area contributed by atoms with Gasteiger partial charge in [-0.25, -0.2) is 18.5 Å². The summed E-state index contributed by atoms with van der Waals surface area (Å²) in [7, 11) is -3.67. The Kier molecular flexibility index (Phi) is 7.68. The first kappa shape index (κ1) is 20.0. The van der Waals surface area contributed by atoms with Crippen LogP contribution in [0.2, 0.25) is 0 Å². The third-order valence-electron chi connectivity index (χ3n) is 3.74. The third kappa shape index (κ3) is 6.89. The van der Waals surface area contributed by atoms with Crippen LogP contribution in [0, 0.1) is 0 Å². The third-order valence-corrected chi connectivity index (χ3v) is 4.67. The normalized spacial score (nSPS) is 12.2. The fourth-order valence-corrected chi connectivity index (χ4v) is 2.79. The molecular weight excluding hydrogens is 352 g/mol. The molecule has 26 heavy (non-hydrogen) atoms. The van der Waals surface area contributed by atoms with Gasteiger partial charge in [0.1, 0.15) is 5.76 Å². The molecule has 1 heterocycles. The molecule has 4 N–H and O–H groups in total. The highest BCUT2D eigenvalue weighted by Gasteiger charge is 2.06. The topological polar surface area (TPSA) is 110 Å². The lowest BCUT2D eigenvalue weighted by Gasteiger charge is -2.12. The van der Waals surface area contributed by atoms with Crippen LogP contribution in [-0.4, -0.2) is 27.5 Å². The maximum absolute atomic E-state index is 11.3. The van der Waals surface area contributed by atoms with Gasteiger partial charge in [-0.05, 0) is 36.2 Å². The van der Waals surface area contributed by atoms with Crippen LogP contribution in [0.15, 0.2) is 57.0 Å². The second-order valence-corrected chi connectivity index (χ2v) is 7.45. The molecular formula is C18H26N4O3S. The molecule has 0 aliphatic heterocycles. The minimum Gasteiger partial charge on any atom is -0.469 e. The Morgan fingerprint density at radius 2 is 1.88 bits per heavy atom. The van der Waals surface area contributed by atoms with Gasteiger partial charge in [0.2, 0.25) is 10.0 Å². The van der Waals surface area contributed by atoms with Crippen molar-refractivity contribution in [3.8, 4) is 0 Å². The average Bonchev–Trinajstić information content (AvgIpc) is 3.12. The summed E-state index contributed by atoms with van der Waals surface area (Å²) in [5, 5.41) is 11.7. The Morgan fingerprint density at radius 3 is 2.50 bits per heavy atom. The van der Waals surface area contributed by atoms with Crippen LogP contribution in [-0.2, 0) is 23.0 Å². The summed E-state index contributed by atoms with van der Waals surface area (Å²) in [6.07, 6.45) is 4.59. The molecule has 0 amide bonds. The monoisotopic (exact) mass is 378 g/mol. The zero-order chi connectivity index (χ0) is 18.8. The maximum atomic E-state index is 11.3. The molecule has 0 unspecified atom stereocenters. The van der Waals surface area contributed by atoms with Gasteiger partial charge in [0.05, 0.1) is 17.7 Å². The van der Waals surface area contributed by atoms with Gasteiger partial charge in [-0.3, -0.25) is 0 Å². The Morgan fingerprint density at radius 1 is 1.15 bits per heavy atom. The first-order valence-corrected chi connectivity index (χ1v) is 10.2. The van der Waals surface area contributed by atoms with Gasteiger partial charge in [0, 0.05) is 19.5 Å². The number of nitrogens with two attached hydrogens (primary N) is 1. The minimum absolute atomic E-state index is 0.100. The van der Waals surface area contributed by atoms with Crippen molar-refractivity contribution in [1.29, 1.82) is 0 Å². The number of hydrogen-bond donors (Lipinski definition) is 3. The number of primary sulfonamides is 1. The van der Waals surface area contributed by atoms with Crippen LogP contribution in [0.25, 0.3) is 0 Å². The van der Waals surface area contributed by atoms with Gasteiger partial charge < -0.3 is 15.1 Å². The molecule has 2 aromatic rings. The van der Waals surface area contributed by atoms with Gasteiger partial charge in [0.25, 0.3) is 0 Å². The Labute approximate surface area is 154 Å². The lowest BCUT2D eigenvalue weighted by Crippen LogP contribution is -2.38. The molecule has 1 aromatic heterocycles. The zero-order valence-corrected chi connectivity index (χ0v) is 15.8. The molecule has 0 radical (unpaired) electrons. The summed E-state index contributed by atoms with van der Waals surface area (Å²) < 4.78 is 27.9. The predicted molar refractivity (Wildman–Crippen MR) is 102 cm³/mol. The van der Waals surface area contributed by atoms with Gasteiger partial charge in [0.15, 0.2) is 5.96 Å². The maximum Gasteiger partial charge on any atom is 0.238 e. The molecule has 0 saturated heterocycles. The van der Waals surface area contributed by atoms with E-state index in [0.717, 1.165) is 43.1 Å². The number of aliphatic imine (C=N–C) groups is 1. The van der Waals surface area contributed by atoms with Crippen molar-refractivity contribution < 1.29 is 12.8 Å². The van der Waals surface area contributed by atoms with Crippen LogP contribution in [0.4, 0.5) is 0 Å². The van der Waals surface area contributed by atoms with Crippen molar-refractivity contribution in [2.24, 2.45) is 10.1 Å². The van der Waals surface area contributed by atoms with E-state index in [-0.39, 0.29) is 4.90 Å². The van der Waals surface area contributed by atoms with Crippen molar-refractivity contribution >= 4 is 16.0 Å². The second kappa shape index (κ2) is 9.98. The van der Waals surface area contributed by atoms with Crippen LogP contribution in [0.3, 0.4) is 0 Å². The molecule has 0 aliphatic carbocycles. The highest BCUT2D eigenvalue weighted by atomic mass is 32.2. The number of hydrogen-bond acceptors (Lipinski definition) is 4. The summed E-state index contributed by atoms with van der Waals surface area (Å²) >= 11 is 0. The fraction of sp³-hybridized carbons (Fsp3) is 0.389. The highest BCUT2D eigenvalue weighted by Crippen LogP contribution is 2.09. The largest absolute Gasteiger partial charge is 0.469 e. The van der Waals surface area contributed by atoms with E-state index in [1.165, 1.54) is 12.1 Å². The highest BCUT2D eigenvalue weighted by molar-refractivity contribution is 7.89. The molecule has 2 rings (SSSR count). The lowest BCUT2D eigenvalue weighted by atomic mass is 10.2. The number of guanidine groups is 1. The summed E-state index contributed by atoms with van der Waals surface area (Å²) in [5.74, 6) is 1.64. The molecule has 0 aliphatic rings. The van der Waals surface area contributed by atoms with Crippen LogP contribution in [0.1, 0.15) is 31.1 Å². The first-order valence-electron chi connectivity index (χ1n) is 8.65. The molecule has 0 bridgehead atoms. The SMILES string of the molecule is CCCCNC(=NCc1ccc(S(N)(=O)=O)cc1)NCCc1ccco1. The van der Waals surface area contributed by atoms with E-state index >= 15 is 0 Å². The number of sulfonamides is 1. The van der Waals surface area contributed by atoms with E-state index in [4.69, 9.17) is 9.56 Å². The van der Waals surface area contributed by atoms with E-state index < -0.39 is 10.0 Å². The number of benzene rings is 1. The fourth-order valence-electron chi connectivity index (χ4n) is 2.27. The molecule has 0 atom stereocenters.